The second kappa shape index (κ2) is 6.17. The molecule has 0 aromatic heterocycles. The lowest BCUT2D eigenvalue weighted by Crippen LogP contribution is -1.98. The zero-order valence-electron chi connectivity index (χ0n) is 9.45. The van der Waals surface area contributed by atoms with Crippen LogP contribution in [0.1, 0.15) is 26.2 Å². The van der Waals surface area contributed by atoms with E-state index in [9.17, 15) is 0 Å². The first kappa shape index (κ1) is 11.7. The third-order valence-corrected chi connectivity index (χ3v) is 2.22. The van der Waals surface area contributed by atoms with E-state index < -0.39 is 0 Å². The molecule has 3 nitrogen and oxygen atoms in total. The number of anilines is 1. The van der Waals surface area contributed by atoms with Crippen molar-refractivity contribution in [2.24, 2.45) is 0 Å². The van der Waals surface area contributed by atoms with Gasteiger partial charge in [0, 0.05) is 6.07 Å². The first-order valence-electron chi connectivity index (χ1n) is 5.34. The summed E-state index contributed by atoms with van der Waals surface area (Å²) in [5.74, 6) is 1.50. The number of methoxy groups -OCH3 is 1. The Labute approximate surface area is 91.2 Å². The van der Waals surface area contributed by atoms with Crippen LogP contribution < -0.4 is 15.2 Å². The normalized spacial score (nSPS) is 10.0. The molecule has 0 bridgehead atoms. The van der Waals surface area contributed by atoms with Gasteiger partial charge < -0.3 is 15.2 Å². The largest absolute Gasteiger partial charge is 0.495 e. The maximum Gasteiger partial charge on any atom is 0.142 e. The van der Waals surface area contributed by atoms with Crippen molar-refractivity contribution < 1.29 is 9.47 Å². The highest BCUT2D eigenvalue weighted by molar-refractivity contribution is 5.56. The Bertz CT molecular complexity index is 300. The molecule has 84 valence electrons. The molecule has 2 N–H and O–H groups in total. The Balaban J connectivity index is 2.45. The van der Waals surface area contributed by atoms with Crippen LogP contribution in [0.3, 0.4) is 0 Å². The van der Waals surface area contributed by atoms with Crippen molar-refractivity contribution in [2.45, 2.75) is 26.2 Å². The molecule has 1 aromatic rings. The fourth-order valence-electron chi connectivity index (χ4n) is 1.34. The van der Waals surface area contributed by atoms with E-state index in [0.717, 1.165) is 18.8 Å². The first-order chi connectivity index (χ1) is 7.27. The molecule has 3 heteroatoms. The third-order valence-electron chi connectivity index (χ3n) is 2.22. The van der Waals surface area contributed by atoms with E-state index in [1.54, 1.807) is 13.2 Å². The summed E-state index contributed by atoms with van der Waals surface area (Å²) in [6, 6.07) is 5.50. The Morgan fingerprint density at radius 3 is 2.67 bits per heavy atom. The molecule has 0 amide bonds. The van der Waals surface area contributed by atoms with Crippen LogP contribution >= 0.6 is 0 Å². The average molecular weight is 209 g/mol. The molecule has 1 rings (SSSR count). The number of hydrogen-bond acceptors (Lipinski definition) is 3. The molecule has 0 aliphatic rings. The lowest BCUT2D eigenvalue weighted by atomic mass is 10.2. The molecule has 15 heavy (non-hydrogen) atoms. The molecule has 0 fully saturated rings. The number of benzene rings is 1. The van der Waals surface area contributed by atoms with Crippen LogP contribution in [0.2, 0.25) is 0 Å². The highest BCUT2D eigenvalue weighted by Crippen LogP contribution is 2.25. The van der Waals surface area contributed by atoms with Crippen LogP contribution in [0, 0.1) is 0 Å². The van der Waals surface area contributed by atoms with E-state index in [-0.39, 0.29) is 0 Å². The van der Waals surface area contributed by atoms with Crippen molar-refractivity contribution in [2.75, 3.05) is 19.5 Å². The lowest BCUT2D eigenvalue weighted by Gasteiger charge is -2.08. The van der Waals surface area contributed by atoms with Crippen molar-refractivity contribution in [3.8, 4) is 11.5 Å². The number of unbranched alkanes of at least 4 members (excludes halogenated alkanes) is 2. The third kappa shape index (κ3) is 3.70. The van der Waals surface area contributed by atoms with Crippen LogP contribution in [0.4, 0.5) is 5.69 Å². The van der Waals surface area contributed by atoms with Crippen molar-refractivity contribution in [1.29, 1.82) is 0 Å². The van der Waals surface area contributed by atoms with E-state index in [2.05, 4.69) is 6.92 Å². The van der Waals surface area contributed by atoms with Crippen LogP contribution in [-0.2, 0) is 0 Å². The Hall–Kier alpha value is -1.38. The van der Waals surface area contributed by atoms with E-state index in [0.29, 0.717) is 11.4 Å². The van der Waals surface area contributed by atoms with Crippen LogP contribution in [0.15, 0.2) is 18.2 Å². The summed E-state index contributed by atoms with van der Waals surface area (Å²) < 4.78 is 10.6. The summed E-state index contributed by atoms with van der Waals surface area (Å²) in [6.07, 6.45) is 3.49. The highest BCUT2D eigenvalue weighted by Gasteiger charge is 2.00. The summed E-state index contributed by atoms with van der Waals surface area (Å²) in [5, 5.41) is 0. The minimum Gasteiger partial charge on any atom is -0.495 e. The van der Waals surface area contributed by atoms with Crippen LogP contribution in [-0.4, -0.2) is 13.7 Å². The molecule has 0 spiro atoms. The molecule has 0 aliphatic carbocycles. The lowest BCUT2D eigenvalue weighted by molar-refractivity contribution is 0.306. The Morgan fingerprint density at radius 2 is 2.07 bits per heavy atom. The molecule has 0 atom stereocenters. The molecule has 0 radical (unpaired) electrons. The number of nitrogens with two attached hydrogens (primary N) is 1. The maximum atomic E-state index is 5.76. The van der Waals surface area contributed by atoms with Crippen molar-refractivity contribution in [3.63, 3.8) is 0 Å². The Morgan fingerprint density at radius 1 is 1.27 bits per heavy atom. The Kier molecular flexibility index (Phi) is 4.81. The molecule has 0 saturated heterocycles. The van der Waals surface area contributed by atoms with Gasteiger partial charge in [-0.2, -0.15) is 0 Å². The van der Waals surface area contributed by atoms with Gasteiger partial charge >= 0.3 is 0 Å². The second-order valence-electron chi connectivity index (χ2n) is 3.46. The smallest absolute Gasteiger partial charge is 0.142 e. The zero-order chi connectivity index (χ0) is 11.1. The molecular weight excluding hydrogens is 190 g/mol. The van der Waals surface area contributed by atoms with Crippen LogP contribution in [0.25, 0.3) is 0 Å². The zero-order valence-corrected chi connectivity index (χ0v) is 9.45. The van der Waals surface area contributed by atoms with Crippen LogP contribution in [0.5, 0.6) is 11.5 Å². The summed E-state index contributed by atoms with van der Waals surface area (Å²) in [4.78, 5) is 0. The predicted octanol–water partition coefficient (Wildman–Crippen LogP) is 2.85. The van der Waals surface area contributed by atoms with Gasteiger partial charge in [0.25, 0.3) is 0 Å². The minimum absolute atomic E-state index is 0.616. The molecule has 0 aliphatic heterocycles. The molecular formula is C12H19NO2. The maximum absolute atomic E-state index is 5.76. The van der Waals surface area contributed by atoms with Crippen molar-refractivity contribution in [1.82, 2.24) is 0 Å². The van der Waals surface area contributed by atoms with E-state index in [4.69, 9.17) is 15.2 Å². The van der Waals surface area contributed by atoms with E-state index in [1.165, 1.54) is 12.8 Å². The average Bonchev–Trinajstić information content (AvgIpc) is 2.25. The highest BCUT2D eigenvalue weighted by atomic mass is 16.5. The van der Waals surface area contributed by atoms with Gasteiger partial charge in [0.2, 0.25) is 0 Å². The van der Waals surface area contributed by atoms with Gasteiger partial charge in [-0.3, -0.25) is 0 Å². The monoisotopic (exact) mass is 209 g/mol. The fraction of sp³-hybridized carbons (Fsp3) is 0.500. The summed E-state index contributed by atoms with van der Waals surface area (Å²) >= 11 is 0. The number of hydrogen-bond donors (Lipinski definition) is 1. The van der Waals surface area contributed by atoms with Gasteiger partial charge in [-0.15, -0.1) is 0 Å². The van der Waals surface area contributed by atoms with Crippen molar-refractivity contribution in [3.05, 3.63) is 18.2 Å². The number of nitrogen functional groups attached to an aromatic ring is 1. The molecule has 0 saturated carbocycles. The van der Waals surface area contributed by atoms with Gasteiger partial charge in [0.05, 0.1) is 19.4 Å². The van der Waals surface area contributed by atoms with Crippen molar-refractivity contribution >= 4 is 5.69 Å². The van der Waals surface area contributed by atoms with E-state index >= 15 is 0 Å². The predicted molar refractivity (Wildman–Crippen MR) is 62.4 cm³/mol. The van der Waals surface area contributed by atoms with Gasteiger partial charge in [-0.05, 0) is 18.6 Å². The topological polar surface area (TPSA) is 44.5 Å². The summed E-state index contributed by atoms with van der Waals surface area (Å²) in [7, 11) is 1.60. The van der Waals surface area contributed by atoms with Gasteiger partial charge in [-0.1, -0.05) is 19.8 Å². The first-order valence-corrected chi connectivity index (χ1v) is 5.34. The summed E-state index contributed by atoms with van der Waals surface area (Å²) in [6.45, 7) is 2.92. The number of rotatable bonds is 6. The minimum atomic E-state index is 0.616. The molecule has 0 heterocycles. The SMILES string of the molecule is CCCCCOc1ccc(OC)c(N)c1. The second-order valence-corrected chi connectivity index (χ2v) is 3.46. The van der Waals surface area contributed by atoms with Gasteiger partial charge in [0.1, 0.15) is 11.5 Å². The van der Waals surface area contributed by atoms with Gasteiger partial charge in [-0.25, -0.2) is 0 Å². The molecule has 0 unspecified atom stereocenters. The fourth-order valence-corrected chi connectivity index (χ4v) is 1.34. The number of ether oxygens (including phenoxy) is 2. The molecule has 1 aromatic carbocycles. The van der Waals surface area contributed by atoms with E-state index in [1.807, 2.05) is 12.1 Å². The van der Waals surface area contributed by atoms with Gasteiger partial charge in [0.15, 0.2) is 0 Å². The summed E-state index contributed by atoms with van der Waals surface area (Å²) in [5.41, 5.74) is 6.37. The quantitative estimate of drug-likeness (QED) is 0.578. The standard InChI is InChI=1S/C12H19NO2/c1-3-4-5-8-15-10-6-7-12(14-2)11(13)9-10/h6-7,9H,3-5,8,13H2,1-2H3.